The van der Waals surface area contributed by atoms with Crippen molar-refractivity contribution in [2.24, 2.45) is 0 Å². The van der Waals surface area contributed by atoms with Gasteiger partial charge in [-0.05, 0) is 189 Å². The molecule has 36 heavy (non-hydrogen) atoms. The number of rotatable bonds is 3. The van der Waals surface area contributed by atoms with Crippen LogP contribution in [0, 0.1) is 21.2 Å². The molecule has 0 aliphatic carbocycles. The van der Waals surface area contributed by atoms with Gasteiger partial charge in [-0.15, -0.1) is 0 Å². The molecule has 0 spiro atoms. The van der Waals surface area contributed by atoms with Crippen molar-refractivity contribution in [2.45, 2.75) is 13.3 Å². The van der Waals surface area contributed by atoms with Crippen molar-refractivity contribution in [3.63, 3.8) is 0 Å². The van der Waals surface area contributed by atoms with E-state index in [0.29, 0.717) is 0 Å². The second-order valence-corrected chi connectivity index (χ2v) is 13.8. The van der Waals surface area contributed by atoms with Gasteiger partial charge in [-0.2, -0.15) is 0 Å². The van der Waals surface area contributed by atoms with Gasteiger partial charge in [0.25, 0.3) is 0 Å². The van der Waals surface area contributed by atoms with E-state index in [4.69, 9.17) is 0 Å². The molecule has 0 amide bonds. The Morgan fingerprint density at radius 2 is 1.25 bits per heavy atom. The molecule has 0 fully saturated rings. The third kappa shape index (κ3) is 4.80. The van der Waals surface area contributed by atoms with E-state index >= 15 is 0 Å². The van der Waals surface area contributed by atoms with E-state index in [9.17, 15) is 0 Å². The van der Waals surface area contributed by atoms with Crippen LogP contribution < -0.4 is 0 Å². The highest BCUT2D eigenvalue weighted by Gasteiger charge is 2.14. The molecule has 6 rings (SSSR count). The third-order valence-electron chi connectivity index (χ3n) is 6.76. The van der Waals surface area contributed by atoms with Crippen LogP contribution in [0.4, 0.5) is 0 Å². The van der Waals surface area contributed by atoms with Crippen molar-refractivity contribution in [1.82, 2.24) is 0 Å². The first-order valence-electron chi connectivity index (χ1n) is 11.7. The average Bonchev–Trinajstić information content (AvgIpc) is 2.86. The van der Waals surface area contributed by atoms with Crippen LogP contribution >= 0.6 is 90.4 Å². The normalized spacial score (nSPS) is 11.6. The summed E-state index contributed by atoms with van der Waals surface area (Å²) in [5.74, 6) is 0. The summed E-state index contributed by atoms with van der Waals surface area (Å²) >= 11 is 10.00. The predicted octanol–water partition coefficient (Wildman–Crippen LogP) is 11.1. The Bertz CT molecular complexity index is 1820. The van der Waals surface area contributed by atoms with Crippen molar-refractivity contribution >= 4 is 123 Å². The van der Waals surface area contributed by atoms with E-state index in [-0.39, 0.29) is 0 Å². The monoisotopic (exact) mass is 912 g/mol. The number of aryl methyl sites for hydroxylation is 1. The topological polar surface area (TPSA) is 0 Å². The van der Waals surface area contributed by atoms with Crippen LogP contribution in [0.3, 0.4) is 0 Å². The largest absolute Gasteiger partial charge is 0.0605 e. The second kappa shape index (κ2) is 10.3. The molecule has 176 valence electrons. The van der Waals surface area contributed by atoms with Crippen LogP contribution in [-0.4, -0.2) is 0 Å². The summed E-state index contributed by atoms with van der Waals surface area (Å²) < 4.78 is 5.21. The van der Waals surface area contributed by atoms with Crippen molar-refractivity contribution < 1.29 is 0 Å². The summed E-state index contributed by atoms with van der Waals surface area (Å²) in [7, 11) is 0. The van der Waals surface area contributed by atoms with Crippen LogP contribution in [0.2, 0.25) is 0 Å². The van der Waals surface area contributed by atoms with Gasteiger partial charge in [-0.1, -0.05) is 66.2 Å². The Kier molecular flexibility index (Phi) is 7.24. The van der Waals surface area contributed by atoms with Gasteiger partial charge in [-0.3, -0.25) is 0 Å². The van der Waals surface area contributed by atoms with E-state index in [0.717, 1.165) is 6.42 Å². The minimum Gasteiger partial charge on any atom is -0.0605 e. The first kappa shape index (κ1) is 25.3. The van der Waals surface area contributed by atoms with Crippen LogP contribution in [0.1, 0.15) is 16.7 Å². The molecule has 0 N–H and O–H groups in total. The Labute approximate surface area is 265 Å². The lowest BCUT2D eigenvalue weighted by Gasteiger charge is -2.14. The van der Waals surface area contributed by atoms with Crippen molar-refractivity contribution in [3.05, 3.63) is 122 Å². The minimum atomic E-state index is 0.933. The number of benzene rings is 6. The van der Waals surface area contributed by atoms with Crippen LogP contribution in [0.15, 0.2) is 91.0 Å². The number of hydrogen-bond donors (Lipinski definition) is 0. The van der Waals surface area contributed by atoms with Gasteiger partial charge in [0.2, 0.25) is 0 Å². The van der Waals surface area contributed by atoms with Gasteiger partial charge >= 0.3 is 0 Å². The molecule has 0 unspecified atom stereocenters. The van der Waals surface area contributed by atoms with E-state index in [2.05, 4.69) is 188 Å². The minimum absolute atomic E-state index is 0.933. The summed E-state index contributed by atoms with van der Waals surface area (Å²) in [6, 6.07) is 34.1. The molecular formula is C32H20I4. The maximum Gasteiger partial charge on any atom is 0.0288 e. The van der Waals surface area contributed by atoms with Crippen LogP contribution in [0.5, 0.6) is 0 Å². The average molecular weight is 912 g/mol. The van der Waals surface area contributed by atoms with Crippen LogP contribution in [0.25, 0.3) is 43.4 Å². The lowest BCUT2D eigenvalue weighted by Crippen LogP contribution is -1.94. The molecule has 0 heterocycles. The fourth-order valence-electron chi connectivity index (χ4n) is 4.93. The van der Waals surface area contributed by atoms with Gasteiger partial charge in [0.05, 0.1) is 0 Å². The Hall–Kier alpha value is -0.980. The Balaban J connectivity index is 1.46. The summed E-state index contributed by atoms with van der Waals surface area (Å²) in [6.45, 7) is 2.16. The standard InChI is InChI=1S/C32H20I4/c1-18-5-8-21-9-6-19(13-22(21)11-18)12-20-7-10-25-28(14-20)32(36)26(17-31(25)35)23-15-27-24(30(34)16-23)3-2-4-29(27)33/h2-11,13-17H,12H2,1H3. The van der Waals surface area contributed by atoms with E-state index < -0.39 is 0 Å². The summed E-state index contributed by atoms with van der Waals surface area (Å²) in [5, 5.41) is 7.93. The first-order valence-corrected chi connectivity index (χ1v) is 16.0. The first-order chi connectivity index (χ1) is 17.4. The van der Waals surface area contributed by atoms with Gasteiger partial charge in [0.1, 0.15) is 0 Å². The Morgan fingerprint density at radius 1 is 0.528 bits per heavy atom. The molecule has 0 aliphatic rings. The van der Waals surface area contributed by atoms with E-state index in [1.165, 1.54) is 74.4 Å². The SMILES string of the molecule is Cc1ccc2ccc(Cc3ccc4c(I)cc(-c5cc(I)c6cccc(I)c6c5)c(I)c4c3)cc2c1. The molecule has 0 radical (unpaired) electrons. The zero-order valence-electron chi connectivity index (χ0n) is 19.4. The van der Waals surface area contributed by atoms with Crippen molar-refractivity contribution in [2.75, 3.05) is 0 Å². The Morgan fingerprint density at radius 3 is 2.11 bits per heavy atom. The van der Waals surface area contributed by atoms with E-state index in [1.807, 2.05) is 0 Å². The highest BCUT2D eigenvalue weighted by Crippen LogP contribution is 2.38. The molecule has 0 aromatic heterocycles. The number of halogens is 4. The molecule has 6 aromatic rings. The summed E-state index contributed by atoms with van der Waals surface area (Å²) in [5.41, 5.74) is 6.61. The fourth-order valence-corrected chi connectivity index (χ4v) is 8.09. The quantitative estimate of drug-likeness (QED) is 0.155. The van der Waals surface area contributed by atoms with E-state index in [1.54, 1.807) is 0 Å². The number of fused-ring (bicyclic) bond motifs is 3. The maximum absolute atomic E-state index is 2.56. The molecule has 6 aromatic carbocycles. The van der Waals surface area contributed by atoms with Gasteiger partial charge in [0.15, 0.2) is 0 Å². The molecule has 0 bridgehead atoms. The maximum atomic E-state index is 2.56. The number of hydrogen-bond acceptors (Lipinski definition) is 0. The lowest BCUT2D eigenvalue weighted by atomic mass is 9.96. The summed E-state index contributed by atoms with van der Waals surface area (Å²) in [6.07, 6.45) is 0.933. The van der Waals surface area contributed by atoms with Crippen LogP contribution in [-0.2, 0) is 6.42 Å². The van der Waals surface area contributed by atoms with Crippen molar-refractivity contribution in [3.8, 4) is 11.1 Å². The smallest absolute Gasteiger partial charge is 0.0288 e. The highest BCUT2D eigenvalue weighted by molar-refractivity contribution is 14.1. The summed E-state index contributed by atoms with van der Waals surface area (Å²) in [4.78, 5) is 0. The van der Waals surface area contributed by atoms with Gasteiger partial charge in [-0.25, -0.2) is 0 Å². The molecule has 0 nitrogen and oxygen atoms in total. The van der Waals surface area contributed by atoms with Crippen molar-refractivity contribution in [1.29, 1.82) is 0 Å². The molecule has 0 atom stereocenters. The zero-order chi connectivity index (χ0) is 25.0. The van der Waals surface area contributed by atoms with Gasteiger partial charge < -0.3 is 0 Å². The molecule has 4 heteroatoms. The zero-order valence-corrected chi connectivity index (χ0v) is 28.0. The lowest BCUT2D eigenvalue weighted by molar-refractivity contribution is 1.21. The van der Waals surface area contributed by atoms with Gasteiger partial charge in [0, 0.05) is 14.3 Å². The predicted molar refractivity (Wildman–Crippen MR) is 189 cm³/mol. The molecular weight excluding hydrogens is 892 g/mol. The second-order valence-electron chi connectivity index (χ2n) is 9.25. The molecule has 0 aliphatic heterocycles. The molecule has 0 saturated carbocycles. The third-order valence-corrected chi connectivity index (χ3v) is 10.6. The molecule has 0 saturated heterocycles. The fraction of sp³-hybridized carbons (Fsp3) is 0.0625. The highest BCUT2D eigenvalue weighted by atomic mass is 127.